The van der Waals surface area contributed by atoms with Gasteiger partial charge in [-0.1, -0.05) is 30.3 Å². The first-order valence-corrected chi connectivity index (χ1v) is 9.43. The maximum atomic E-state index is 12.7. The lowest BCUT2D eigenvalue weighted by atomic mass is 10.2. The van der Waals surface area contributed by atoms with E-state index in [1.807, 2.05) is 66.7 Å². The van der Waals surface area contributed by atoms with Crippen LogP contribution in [0.4, 0.5) is 0 Å². The average Bonchev–Trinajstić information content (AvgIpc) is 3.11. The number of ether oxygens (including phenoxy) is 1. The highest BCUT2D eigenvalue weighted by atomic mass is 32.1. The zero-order valence-corrected chi connectivity index (χ0v) is 15.6. The number of rotatable bonds is 5. The van der Waals surface area contributed by atoms with Gasteiger partial charge in [0.25, 0.3) is 5.91 Å². The molecule has 0 radical (unpaired) electrons. The summed E-state index contributed by atoms with van der Waals surface area (Å²) in [7, 11) is 1.79. The molecule has 134 valence electrons. The van der Waals surface area contributed by atoms with Crippen molar-refractivity contribution in [1.29, 1.82) is 0 Å². The largest absolute Gasteiger partial charge is 0.457 e. The Balaban J connectivity index is 1.43. The lowest BCUT2D eigenvalue weighted by Gasteiger charge is -2.16. The van der Waals surface area contributed by atoms with Gasteiger partial charge < -0.3 is 9.64 Å². The summed E-state index contributed by atoms with van der Waals surface area (Å²) in [4.78, 5) is 19.0. The Morgan fingerprint density at radius 3 is 2.33 bits per heavy atom. The normalized spacial score (nSPS) is 10.7. The summed E-state index contributed by atoms with van der Waals surface area (Å²) in [5, 5.41) is 0.927. The summed E-state index contributed by atoms with van der Waals surface area (Å²) in [6.07, 6.45) is 0. The van der Waals surface area contributed by atoms with Crippen LogP contribution in [0.25, 0.3) is 10.2 Å². The summed E-state index contributed by atoms with van der Waals surface area (Å²) >= 11 is 1.62. The number of benzene rings is 3. The molecule has 0 saturated heterocycles. The number of aromatic nitrogens is 1. The predicted molar refractivity (Wildman–Crippen MR) is 108 cm³/mol. The second kappa shape index (κ2) is 7.60. The summed E-state index contributed by atoms with van der Waals surface area (Å²) in [5.74, 6) is 1.43. The van der Waals surface area contributed by atoms with Crippen molar-refractivity contribution in [2.24, 2.45) is 0 Å². The van der Waals surface area contributed by atoms with Crippen LogP contribution in [0.2, 0.25) is 0 Å². The van der Waals surface area contributed by atoms with Crippen molar-refractivity contribution in [3.8, 4) is 11.5 Å². The number of hydrogen-bond donors (Lipinski definition) is 0. The van der Waals surface area contributed by atoms with Gasteiger partial charge in [0, 0.05) is 12.6 Å². The zero-order valence-electron chi connectivity index (χ0n) is 14.8. The van der Waals surface area contributed by atoms with E-state index in [1.54, 1.807) is 35.4 Å². The second-order valence-corrected chi connectivity index (χ2v) is 7.29. The molecule has 1 heterocycles. The predicted octanol–water partition coefficient (Wildman–Crippen LogP) is 5.36. The molecule has 0 atom stereocenters. The molecule has 0 N–H and O–H groups in total. The smallest absolute Gasteiger partial charge is 0.253 e. The first-order chi connectivity index (χ1) is 13.2. The van der Waals surface area contributed by atoms with E-state index in [9.17, 15) is 4.79 Å². The van der Waals surface area contributed by atoms with Crippen LogP contribution in [0.1, 0.15) is 15.4 Å². The van der Waals surface area contributed by atoms with Gasteiger partial charge in [-0.2, -0.15) is 0 Å². The first kappa shape index (κ1) is 17.2. The Labute approximate surface area is 161 Å². The van der Waals surface area contributed by atoms with Crippen molar-refractivity contribution in [3.05, 3.63) is 89.4 Å². The summed E-state index contributed by atoms with van der Waals surface area (Å²) in [6, 6.07) is 24.8. The molecule has 27 heavy (non-hydrogen) atoms. The number of thiazole rings is 1. The van der Waals surface area contributed by atoms with E-state index in [1.165, 1.54) is 0 Å². The highest BCUT2D eigenvalue weighted by Gasteiger charge is 2.14. The van der Waals surface area contributed by atoms with Crippen molar-refractivity contribution in [1.82, 2.24) is 9.88 Å². The van der Waals surface area contributed by atoms with Gasteiger partial charge >= 0.3 is 0 Å². The summed E-state index contributed by atoms with van der Waals surface area (Å²) in [5.41, 5.74) is 1.60. The van der Waals surface area contributed by atoms with Gasteiger partial charge in [-0.3, -0.25) is 4.79 Å². The molecule has 0 aliphatic carbocycles. The first-order valence-electron chi connectivity index (χ1n) is 8.62. The van der Waals surface area contributed by atoms with E-state index < -0.39 is 0 Å². The Hall–Kier alpha value is -3.18. The topological polar surface area (TPSA) is 42.4 Å². The SMILES string of the molecule is CN(Cc1nc2ccccc2s1)C(=O)c1ccc(Oc2ccccc2)cc1. The maximum absolute atomic E-state index is 12.7. The fourth-order valence-electron chi connectivity index (χ4n) is 2.77. The molecule has 0 bridgehead atoms. The number of amides is 1. The van der Waals surface area contributed by atoms with Crippen LogP contribution in [0.15, 0.2) is 78.9 Å². The van der Waals surface area contributed by atoms with Crippen LogP contribution in [-0.2, 0) is 6.54 Å². The van der Waals surface area contributed by atoms with Crippen molar-refractivity contribution >= 4 is 27.5 Å². The van der Waals surface area contributed by atoms with Crippen LogP contribution >= 0.6 is 11.3 Å². The van der Waals surface area contributed by atoms with Crippen LogP contribution < -0.4 is 4.74 Å². The average molecular weight is 374 g/mol. The van der Waals surface area contributed by atoms with Crippen LogP contribution in [0, 0.1) is 0 Å². The molecule has 0 spiro atoms. The number of fused-ring (bicyclic) bond motifs is 1. The molecule has 5 heteroatoms. The van der Waals surface area contributed by atoms with Gasteiger partial charge in [0.15, 0.2) is 0 Å². The van der Waals surface area contributed by atoms with Gasteiger partial charge in [-0.25, -0.2) is 4.98 Å². The second-order valence-electron chi connectivity index (χ2n) is 6.18. The molecule has 1 aromatic heterocycles. The van der Waals surface area contributed by atoms with E-state index >= 15 is 0 Å². The van der Waals surface area contributed by atoms with Gasteiger partial charge in [0.1, 0.15) is 16.5 Å². The molecule has 4 rings (SSSR count). The minimum Gasteiger partial charge on any atom is -0.457 e. The van der Waals surface area contributed by atoms with E-state index in [0.717, 1.165) is 21.0 Å². The molecular weight excluding hydrogens is 356 g/mol. The number of para-hydroxylation sites is 2. The minimum absolute atomic E-state index is 0.0412. The molecule has 0 unspecified atom stereocenters. The third kappa shape index (κ3) is 3.99. The Morgan fingerprint density at radius 1 is 0.926 bits per heavy atom. The third-order valence-corrected chi connectivity index (χ3v) is 5.16. The maximum Gasteiger partial charge on any atom is 0.253 e. The lowest BCUT2D eigenvalue weighted by Crippen LogP contribution is -2.26. The number of nitrogens with zero attached hydrogens (tertiary/aromatic N) is 2. The van der Waals surface area contributed by atoms with Gasteiger partial charge in [-0.05, 0) is 48.5 Å². The molecule has 4 aromatic rings. The molecule has 0 saturated carbocycles. The molecule has 1 amide bonds. The van der Waals surface area contributed by atoms with E-state index in [2.05, 4.69) is 4.98 Å². The highest BCUT2D eigenvalue weighted by molar-refractivity contribution is 7.18. The molecule has 0 aliphatic rings. The van der Waals surface area contributed by atoms with E-state index in [-0.39, 0.29) is 5.91 Å². The summed E-state index contributed by atoms with van der Waals surface area (Å²) < 4.78 is 6.90. The van der Waals surface area contributed by atoms with Crippen molar-refractivity contribution in [2.45, 2.75) is 6.54 Å². The van der Waals surface area contributed by atoms with Crippen LogP contribution in [0.3, 0.4) is 0 Å². The fourth-order valence-corrected chi connectivity index (χ4v) is 3.79. The number of carbonyl (C=O) groups excluding carboxylic acids is 1. The van der Waals surface area contributed by atoms with Crippen molar-refractivity contribution in [2.75, 3.05) is 7.05 Å². The van der Waals surface area contributed by atoms with Gasteiger partial charge in [0.2, 0.25) is 0 Å². The molecular formula is C22H18N2O2S. The monoisotopic (exact) mass is 374 g/mol. The molecule has 4 nitrogen and oxygen atoms in total. The minimum atomic E-state index is -0.0412. The molecule has 0 fully saturated rings. The van der Waals surface area contributed by atoms with Crippen LogP contribution in [-0.4, -0.2) is 22.8 Å². The fraction of sp³-hybridized carbons (Fsp3) is 0.0909. The molecule has 0 aliphatic heterocycles. The van der Waals surface area contributed by atoms with Gasteiger partial charge in [-0.15, -0.1) is 11.3 Å². The van der Waals surface area contributed by atoms with Crippen molar-refractivity contribution in [3.63, 3.8) is 0 Å². The van der Waals surface area contributed by atoms with Crippen molar-refractivity contribution < 1.29 is 9.53 Å². The number of carbonyl (C=O) groups is 1. The standard InChI is InChI=1S/C22H18N2O2S/c1-24(15-21-23-19-9-5-6-10-20(19)27-21)22(25)16-11-13-18(14-12-16)26-17-7-3-2-4-8-17/h2-14H,15H2,1H3. The van der Waals surface area contributed by atoms with E-state index in [0.29, 0.717) is 17.9 Å². The number of hydrogen-bond acceptors (Lipinski definition) is 4. The molecule has 3 aromatic carbocycles. The zero-order chi connectivity index (χ0) is 18.6. The highest BCUT2D eigenvalue weighted by Crippen LogP contribution is 2.24. The van der Waals surface area contributed by atoms with Gasteiger partial charge in [0.05, 0.1) is 16.8 Å². The van der Waals surface area contributed by atoms with E-state index in [4.69, 9.17) is 4.74 Å². The third-order valence-electron chi connectivity index (χ3n) is 4.14. The quantitative estimate of drug-likeness (QED) is 0.472. The Morgan fingerprint density at radius 2 is 1.59 bits per heavy atom. The summed E-state index contributed by atoms with van der Waals surface area (Å²) in [6.45, 7) is 0.487. The lowest BCUT2D eigenvalue weighted by molar-refractivity contribution is 0.0785. The Bertz CT molecular complexity index is 1030. The Kier molecular flexibility index (Phi) is 4.85. The van der Waals surface area contributed by atoms with Crippen LogP contribution in [0.5, 0.6) is 11.5 Å².